The normalized spacial score (nSPS) is 8.57. The molecule has 0 aliphatic carbocycles. The van der Waals surface area contributed by atoms with Gasteiger partial charge in [-0.1, -0.05) is 12.1 Å². The standard InChI is InChI=1S/C11H7FN2/c1-8-2-3-9(5-11(8)12)4-10(6-13)7-14/h2-5H,1H3. The van der Waals surface area contributed by atoms with Crippen molar-refractivity contribution in [3.63, 3.8) is 0 Å². The maximum absolute atomic E-state index is 13.0. The van der Waals surface area contributed by atoms with E-state index in [0.717, 1.165) is 0 Å². The van der Waals surface area contributed by atoms with E-state index in [0.29, 0.717) is 11.1 Å². The van der Waals surface area contributed by atoms with E-state index in [1.807, 2.05) is 0 Å². The molecule has 68 valence electrons. The Bertz CT molecular complexity index is 445. The number of benzene rings is 1. The summed E-state index contributed by atoms with van der Waals surface area (Å²) in [6.07, 6.45) is 1.35. The van der Waals surface area contributed by atoms with Crippen LogP contribution >= 0.6 is 0 Å². The molecule has 0 saturated heterocycles. The molecule has 0 radical (unpaired) electrons. The molecule has 1 aromatic carbocycles. The largest absolute Gasteiger partial charge is 0.207 e. The predicted octanol–water partition coefficient (Wildman–Crippen LogP) is 2.56. The Labute approximate surface area is 81.5 Å². The molecule has 0 aromatic heterocycles. The molecule has 0 aliphatic rings. The monoisotopic (exact) mass is 186 g/mol. The van der Waals surface area contributed by atoms with E-state index in [-0.39, 0.29) is 11.4 Å². The van der Waals surface area contributed by atoms with Gasteiger partial charge in [0.25, 0.3) is 0 Å². The van der Waals surface area contributed by atoms with E-state index < -0.39 is 0 Å². The summed E-state index contributed by atoms with van der Waals surface area (Å²) in [5.41, 5.74) is 1.03. The van der Waals surface area contributed by atoms with Crippen LogP contribution in [0.1, 0.15) is 11.1 Å². The Kier molecular flexibility index (Phi) is 2.99. The van der Waals surface area contributed by atoms with E-state index in [9.17, 15) is 4.39 Å². The first-order valence-electron chi connectivity index (χ1n) is 3.95. The van der Waals surface area contributed by atoms with Crippen LogP contribution in [0.25, 0.3) is 6.08 Å². The topological polar surface area (TPSA) is 47.6 Å². The van der Waals surface area contributed by atoms with E-state index >= 15 is 0 Å². The second kappa shape index (κ2) is 4.20. The van der Waals surface area contributed by atoms with Crippen molar-refractivity contribution in [2.45, 2.75) is 6.92 Å². The van der Waals surface area contributed by atoms with Crippen molar-refractivity contribution < 1.29 is 4.39 Å². The minimum atomic E-state index is -0.339. The third-order valence-corrected chi connectivity index (χ3v) is 1.75. The van der Waals surface area contributed by atoms with Crippen LogP contribution in [-0.2, 0) is 0 Å². The van der Waals surface area contributed by atoms with Crippen molar-refractivity contribution in [3.8, 4) is 12.1 Å². The second-order valence-corrected chi connectivity index (χ2v) is 2.79. The maximum Gasteiger partial charge on any atom is 0.130 e. The fourth-order valence-electron chi connectivity index (χ4n) is 0.955. The average molecular weight is 186 g/mol. The van der Waals surface area contributed by atoms with Gasteiger partial charge in [0.05, 0.1) is 0 Å². The molecule has 2 nitrogen and oxygen atoms in total. The van der Waals surface area contributed by atoms with Crippen molar-refractivity contribution in [1.29, 1.82) is 10.5 Å². The zero-order valence-electron chi connectivity index (χ0n) is 7.58. The molecule has 0 spiro atoms. The number of allylic oxidation sites excluding steroid dienone is 1. The number of hydrogen-bond donors (Lipinski definition) is 0. The van der Waals surface area contributed by atoms with Gasteiger partial charge in [-0.15, -0.1) is 0 Å². The van der Waals surface area contributed by atoms with Gasteiger partial charge in [0.2, 0.25) is 0 Å². The lowest BCUT2D eigenvalue weighted by Crippen LogP contribution is -1.83. The molecule has 0 unspecified atom stereocenters. The second-order valence-electron chi connectivity index (χ2n) is 2.79. The quantitative estimate of drug-likeness (QED) is 0.633. The molecule has 14 heavy (non-hydrogen) atoms. The zero-order chi connectivity index (χ0) is 10.6. The number of nitrogens with zero attached hydrogens (tertiary/aromatic N) is 2. The number of halogens is 1. The van der Waals surface area contributed by atoms with Gasteiger partial charge in [0.1, 0.15) is 23.5 Å². The van der Waals surface area contributed by atoms with Gasteiger partial charge in [-0.05, 0) is 30.2 Å². The molecule has 0 heterocycles. The average Bonchev–Trinajstić information content (AvgIpc) is 2.19. The van der Waals surface area contributed by atoms with E-state index in [1.165, 1.54) is 12.1 Å². The SMILES string of the molecule is Cc1ccc(C=C(C#N)C#N)cc1F. The van der Waals surface area contributed by atoms with Crippen molar-refractivity contribution in [3.05, 3.63) is 40.7 Å². The highest BCUT2D eigenvalue weighted by Crippen LogP contribution is 2.11. The minimum absolute atomic E-state index is 0.0340. The van der Waals surface area contributed by atoms with Crippen molar-refractivity contribution in [2.75, 3.05) is 0 Å². The van der Waals surface area contributed by atoms with E-state index in [2.05, 4.69) is 0 Å². The van der Waals surface area contributed by atoms with E-state index in [1.54, 1.807) is 31.2 Å². The fourth-order valence-corrected chi connectivity index (χ4v) is 0.955. The highest BCUT2D eigenvalue weighted by Gasteiger charge is 1.98. The summed E-state index contributed by atoms with van der Waals surface area (Å²) >= 11 is 0. The van der Waals surface area contributed by atoms with Gasteiger partial charge in [0.15, 0.2) is 0 Å². The number of rotatable bonds is 1. The Morgan fingerprint density at radius 3 is 2.50 bits per heavy atom. The van der Waals surface area contributed by atoms with Crippen molar-refractivity contribution >= 4 is 6.08 Å². The highest BCUT2D eigenvalue weighted by atomic mass is 19.1. The first kappa shape index (κ1) is 9.95. The third kappa shape index (κ3) is 2.18. The van der Waals surface area contributed by atoms with Gasteiger partial charge in [-0.3, -0.25) is 0 Å². The van der Waals surface area contributed by atoms with Gasteiger partial charge >= 0.3 is 0 Å². The summed E-state index contributed by atoms with van der Waals surface area (Å²) in [5, 5.41) is 17.0. The number of aryl methyl sites for hydroxylation is 1. The summed E-state index contributed by atoms with van der Waals surface area (Å²) < 4.78 is 13.0. The lowest BCUT2D eigenvalue weighted by atomic mass is 10.1. The molecule has 0 N–H and O–H groups in total. The van der Waals surface area contributed by atoms with Crippen LogP contribution in [0.15, 0.2) is 23.8 Å². The molecule has 0 bridgehead atoms. The molecule has 0 aliphatic heterocycles. The van der Waals surface area contributed by atoms with Crippen molar-refractivity contribution in [2.24, 2.45) is 0 Å². The molecule has 0 fully saturated rings. The van der Waals surface area contributed by atoms with Crippen LogP contribution in [0, 0.1) is 35.4 Å². The van der Waals surface area contributed by atoms with E-state index in [4.69, 9.17) is 10.5 Å². The van der Waals surface area contributed by atoms with Gasteiger partial charge in [-0.2, -0.15) is 10.5 Å². The lowest BCUT2D eigenvalue weighted by Gasteiger charge is -1.97. The third-order valence-electron chi connectivity index (χ3n) is 1.75. The van der Waals surface area contributed by atoms with Gasteiger partial charge < -0.3 is 0 Å². The van der Waals surface area contributed by atoms with Crippen LogP contribution in [0.4, 0.5) is 4.39 Å². The molecule has 0 atom stereocenters. The molecular formula is C11H7FN2. The summed E-state index contributed by atoms with van der Waals surface area (Å²) in [4.78, 5) is 0. The van der Waals surface area contributed by atoms with Crippen LogP contribution in [-0.4, -0.2) is 0 Å². The predicted molar refractivity (Wildman–Crippen MR) is 50.3 cm³/mol. The van der Waals surface area contributed by atoms with Crippen LogP contribution in [0.3, 0.4) is 0 Å². The Hall–Kier alpha value is -2.13. The van der Waals surface area contributed by atoms with Crippen LogP contribution in [0.5, 0.6) is 0 Å². The molecule has 0 saturated carbocycles. The van der Waals surface area contributed by atoms with Crippen LogP contribution < -0.4 is 0 Å². The Balaban J connectivity index is 3.13. The zero-order valence-corrected chi connectivity index (χ0v) is 7.58. The first-order valence-corrected chi connectivity index (χ1v) is 3.95. The molecule has 1 aromatic rings. The Morgan fingerprint density at radius 2 is 2.00 bits per heavy atom. The summed E-state index contributed by atoms with van der Waals surface area (Å²) in [5.74, 6) is -0.339. The lowest BCUT2D eigenvalue weighted by molar-refractivity contribution is 0.618. The molecule has 1 rings (SSSR count). The first-order chi connectivity index (χ1) is 6.67. The summed E-state index contributed by atoms with van der Waals surface area (Å²) in [7, 11) is 0. The molecule has 3 heteroatoms. The number of hydrogen-bond acceptors (Lipinski definition) is 2. The maximum atomic E-state index is 13.0. The summed E-state index contributed by atoms with van der Waals surface area (Å²) in [6.45, 7) is 1.65. The Morgan fingerprint density at radius 1 is 1.36 bits per heavy atom. The smallest absolute Gasteiger partial charge is 0.130 e. The summed E-state index contributed by atoms with van der Waals surface area (Å²) in [6, 6.07) is 7.98. The highest BCUT2D eigenvalue weighted by molar-refractivity contribution is 5.62. The van der Waals surface area contributed by atoms with Crippen molar-refractivity contribution in [1.82, 2.24) is 0 Å². The van der Waals surface area contributed by atoms with Gasteiger partial charge in [-0.25, -0.2) is 4.39 Å². The molecular weight excluding hydrogens is 179 g/mol. The minimum Gasteiger partial charge on any atom is -0.207 e. The van der Waals surface area contributed by atoms with Crippen LogP contribution in [0.2, 0.25) is 0 Å². The number of nitriles is 2. The molecule has 0 amide bonds. The fraction of sp³-hybridized carbons (Fsp3) is 0.0909. The van der Waals surface area contributed by atoms with Gasteiger partial charge in [0, 0.05) is 0 Å².